The van der Waals surface area contributed by atoms with Gasteiger partial charge in [0.2, 0.25) is 0 Å². The van der Waals surface area contributed by atoms with E-state index >= 15 is 0 Å². The molecule has 0 spiro atoms. The molecule has 4 heteroatoms. The number of methoxy groups -OCH3 is 1. The van der Waals surface area contributed by atoms with Crippen LogP contribution in [-0.4, -0.2) is 23.7 Å². The minimum absolute atomic E-state index is 0.174. The predicted octanol–water partition coefficient (Wildman–Crippen LogP) is 0.497. The van der Waals surface area contributed by atoms with Crippen LogP contribution in [-0.2, 0) is 0 Å². The minimum atomic E-state index is 0.174. The summed E-state index contributed by atoms with van der Waals surface area (Å²) in [7, 11) is 1.52. The van der Waals surface area contributed by atoms with Gasteiger partial charge in [0.1, 0.15) is 6.33 Å². The van der Waals surface area contributed by atoms with Crippen molar-refractivity contribution in [3.63, 3.8) is 0 Å². The number of aromatic nitrogens is 2. The molecule has 1 heterocycles. The number of rotatable bonds is 3. The Morgan fingerprint density at radius 3 is 3.17 bits per heavy atom. The van der Waals surface area contributed by atoms with Crippen LogP contribution in [0.15, 0.2) is 12.5 Å². The van der Waals surface area contributed by atoms with Crippen LogP contribution in [0.25, 0.3) is 0 Å². The quantitative estimate of drug-likeness (QED) is 0.610. The third kappa shape index (κ3) is 1.86. The second-order valence-corrected chi connectivity index (χ2v) is 1.89. The zero-order valence-corrected chi connectivity index (χ0v) is 6.65. The Kier molecular flexibility index (Phi) is 2.91. The fraction of sp³-hybridized carbons (Fsp3) is 0.250. The molecular weight excluding hydrogens is 156 g/mol. The Hall–Kier alpha value is -1.76. The van der Waals surface area contributed by atoms with Gasteiger partial charge in [-0.2, -0.15) is 4.98 Å². The van der Waals surface area contributed by atoms with Crippen LogP contribution >= 0.6 is 0 Å². The standard InChI is InChI=1S/C8H8N2O2/c1-3-4-12-8-7(11-2)5-9-6-10-8/h1,5-6H,4H2,2H3. The third-order valence-corrected chi connectivity index (χ3v) is 1.16. The molecule has 0 amide bonds. The molecule has 0 unspecified atom stereocenters. The average Bonchev–Trinajstić information content (AvgIpc) is 2.15. The minimum Gasteiger partial charge on any atom is -0.490 e. The molecular formula is C8H8N2O2. The fourth-order valence-corrected chi connectivity index (χ4v) is 0.664. The molecule has 0 fully saturated rings. The van der Waals surface area contributed by atoms with Crippen molar-refractivity contribution < 1.29 is 9.47 Å². The van der Waals surface area contributed by atoms with E-state index in [0.717, 1.165) is 0 Å². The normalized spacial score (nSPS) is 8.67. The molecule has 1 aromatic heterocycles. The number of ether oxygens (including phenoxy) is 2. The summed E-state index contributed by atoms with van der Waals surface area (Å²) in [6.45, 7) is 0.174. The van der Waals surface area contributed by atoms with Gasteiger partial charge in [0.25, 0.3) is 5.88 Å². The Balaban J connectivity index is 2.76. The summed E-state index contributed by atoms with van der Waals surface area (Å²) in [5.41, 5.74) is 0. The first-order chi connectivity index (χ1) is 5.88. The van der Waals surface area contributed by atoms with Gasteiger partial charge < -0.3 is 9.47 Å². The van der Waals surface area contributed by atoms with Crippen LogP contribution in [0.1, 0.15) is 0 Å². The largest absolute Gasteiger partial charge is 0.490 e. The molecule has 0 saturated carbocycles. The topological polar surface area (TPSA) is 44.2 Å². The smallest absolute Gasteiger partial charge is 0.261 e. The highest BCUT2D eigenvalue weighted by atomic mass is 16.5. The molecule has 0 bridgehead atoms. The Morgan fingerprint density at radius 1 is 1.67 bits per heavy atom. The van der Waals surface area contributed by atoms with E-state index in [1.165, 1.54) is 19.6 Å². The first kappa shape index (κ1) is 8.34. The predicted molar refractivity (Wildman–Crippen MR) is 42.9 cm³/mol. The lowest BCUT2D eigenvalue weighted by molar-refractivity contribution is 0.316. The summed E-state index contributed by atoms with van der Waals surface area (Å²) in [6.07, 6.45) is 7.89. The summed E-state index contributed by atoms with van der Waals surface area (Å²) in [4.78, 5) is 7.59. The van der Waals surface area contributed by atoms with Gasteiger partial charge in [-0.05, 0) is 0 Å². The van der Waals surface area contributed by atoms with Gasteiger partial charge in [0, 0.05) is 0 Å². The maximum atomic E-state index is 5.06. The van der Waals surface area contributed by atoms with Crippen LogP contribution < -0.4 is 9.47 Å². The van der Waals surface area contributed by atoms with E-state index in [-0.39, 0.29) is 6.61 Å². The zero-order valence-electron chi connectivity index (χ0n) is 6.65. The van der Waals surface area contributed by atoms with Gasteiger partial charge in [-0.25, -0.2) is 4.98 Å². The van der Waals surface area contributed by atoms with Crippen molar-refractivity contribution in [3.8, 4) is 24.0 Å². The van der Waals surface area contributed by atoms with Crippen molar-refractivity contribution in [3.05, 3.63) is 12.5 Å². The molecule has 0 saturated heterocycles. The highest BCUT2D eigenvalue weighted by Gasteiger charge is 2.02. The zero-order chi connectivity index (χ0) is 8.81. The number of hydrogen-bond acceptors (Lipinski definition) is 4. The SMILES string of the molecule is C#CCOc1ncncc1OC. The van der Waals surface area contributed by atoms with Gasteiger partial charge in [-0.1, -0.05) is 5.92 Å². The second kappa shape index (κ2) is 4.19. The summed E-state index contributed by atoms with van der Waals surface area (Å²) in [5.74, 6) is 3.17. The molecule has 0 aliphatic carbocycles. The van der Waals surface area contributed by atoms with E-state index < -0.39 is 0 Å². The van der Waals surface area contributed by atoms with Gasteiger partial charge in [0.15, 0.2) is 12.4 Å². The molecule has 1 aromatic rings. The lowest BCUT2D eigenvalue weighted by Gasteiger charge is -2.04. The maximum absolute atomic E-state index is 5.06. The number of terminal acetylenes is 1. The molecule has 0 N–H and O–H groups in total. The molecule has 1 rings (SSSR count). The fourth-order valence-electron chi connectivity index (χ4n) is 0.664. The third-order valence-electron chi connectivity index (χ3n) is 1.16. The van der Waals surface area contributed by atoms with Gasteiger partial charge in [-0.15, -0.1) is 6.42 Å². The van der Waals surface area contributed by atoms with Crippen molar-refractivity contribution in [2.45, 2.75) is 0 Å². The summed E-state index contributed by atoms with van der Waals surface area (Å²) >= 11 is 0. The average molecular weight is 164 g/mol. The van der Waals surface area contributed by atoms with Crippen molar-refractivity contribution in [2.75, 3.05) is 13.7 Å². The van der Waals surface area contributed by atoms with Crippen molar-refractivity contribution in [1.82, 2.24) is 9.97 Å². The molecule has 62 valence electrons. The monoisotopic (exact) mass is 164 g/mol. The lowest BCUT2D eigenvalue weighted by atomic mass is 10.5. The van der Waals surface area contributed by atoms with Crippen LogP contribution in [0, 0.1) is 12.3 Å². The molecule has 0 aromatic carbocycles. The van der Waals surface area contributed by atoms with E-state index in [0.29, 0.717) is 11.6 Å². The lowest BCUT2D eigenvalue weighted by Crippen LogP contribution is -1.99. The molecule has 12 heavy (non-hydrogen) atoms. The second-order valence-electron chi connectivity index (χ2n) is 1.89. The van der Waals surface area contributed by atoms with E-state index in [4.69, 9.17) is 15.9 Å². The van der Waals surface area contributed by atoms with Crippen LogP contribution in [0.4, 0.5) is 0 Å². The Morgan fingerprint density at radius 2 is 2.50 bits per heavy atom. The first-order valence-electron chi connectivity index (χ1n) is 3.28. The number of hydrogen-bond donors (Lipinski definition) is 0. The molecule has 0 radical (unpaired) electrons. The van der Waals surface area contributed by atoms with E-state index in [2.05, 4.69) is 15.9 Å². The van der Waals surface area contributed by atoms with Crippen LogP contribution in [0.2, 0.25) is 0 Å². The van der Waals surface area contributed by atoms with Crippen molar-refractivity contribution in [1.29, 1.82) is 0 Å². The molecule has 0 atom stereocenters. The molecule has 4 nitrogen and oxygen atoms in total. The Bertz CT molecular complexity index is 293. The number of nitrogens with zero attached hydrogens (tertiary/aromatic N) is 2. The molecule has 0 aliphatic heterocycles. The highest BCUT2D eigenvalue weighted by Crippen LogP contribution is 2.20. The maximum Gasteiger partial charge on any atom is 0.261 e. The van der Waals surface area contributed by atoms with Gasteiger partial charge in [-0.3, -0.25) is 0 Å². The summed E-state index contributed by atoms with van der Waals surface area (Å²) in [5, 5.41) is 0. The van der Waals surface area contributed by atoms with Crippen LogP contribution in [0.3, 0.4) is 0 Å². The summed E-state index contributed by atoms with van der Waals surface area (Å²) in [6, 6.07) is 0. The van der Waals surface area contributed by atoms with Crippen molar-refractivity contribution >= 4 is 0 Å². The Labute approximate surface area is 70.6 Å². The van der Waals surface area contributed by atoms with E-state index in [1.807, 2.05) is 0 Å². The van der Waals surface area contributed by atoms with Crippen molar-refractivity contribution in [2.24, 2.45) is 0 Å². The van der Waals surface area contributed by atoms with Gasteiger partial charge >= 0.3 is 0 Å². The van der Waals surface area contributed by atoms with E-state index in [1.54, 1.807) is 0 Å². The van der Waals surface area contributed by atoms with Gasteiger partial charge in [0.05, 0.1) is 13.3 Å². The summed E-state index contributed by atoms with van der Waals surface area (Å²) < 4.78 is 9.99. The van der Waals surface area contributed by atoms with Crippen LogP contribution in [0.5, 0.6) is 11.6 Å². The highest BCUT2D eigenvalue weighted by molar-refractivity contribution is 5.29. The first-order valence-corrected chi connectivity index (χ1v) is 3.28. The van der Waals surface area contributed by atoms with E-state index in [9.17, 15) is 0 Å². The molecule has 0 aliphatic rings.